The van der Waals surface area contributed by atoms with Gasteiger partial charge in [-0.1, -0.05) is 41.4 Å². The van der Waals surface area contributed by atoms with Crippen LogP contribution in [-0.2, 0) is 16.0 Å². The van der Waals surface area contributed by atoms with Gasteiger partial charge in [0.1, 0.15) is 6.04 Å². The van der Waals surface area contributed by atoms with Crippen LogP contribution in [-0.4, -0.2) is 23.0 Å². The molecule has 6 heteroatoms. The maximum absolute atomic E-state index is 12.0. The second kappa shape index (κ2) is 6.78. The van der Waals surface area contributed by atoms with Crippen LogP contribution in [0.15, 0.2) is 47.0 Å². The van der Waals surface area contributed by atoms with E-state index in [4.69, 9.17) is 23.2 Å². The Balaban J connectivity index is 2.03. The van der Waals surface area contributed by atoms with Gasteiger partial charge in [0.15, 0.2) is 0 Å². The monoisotopic (exact) mass is 325 g/mol. The van der Waals surface area contributed by atoms with Crippen LogP contribution < -0.4 is 5.32 Å². The summed E-state index contributed by atoms with van der Waals surface area (Å²) in [6.45, 7) is 0. The van der Waals surface area contributed by atoms with Crippen LogP contribution in [0.2, 0.25) is 5.02 Å². The minimum absolute atomic E-state index is 0.163. The molecule has 0 aromatic heterocycles. The topological polar surface area (TPSA) is 66.4 Å². The highest BCUT2D eigenvalue weighted by atomic mass is 35.5. The fraction of sp³-hybridized carbons (Fsp3) is 0.200. The maximum atomic E-state index is 12.0. The number of benzene rings is 1. The third-order valence-corrected chi connectivity index (χ3v) is 3.54. The highest BCUT2D eigenvalue weighted by Crippen LogP contribution is 2.22. The van der Waals surface area contributed by atoms with Crippen LogP contribution in [0.5, 0.6) is 0 Å². The van der Waals surface area contributed by atoms with E-state index in [1.165, 1.54) is 0 Å². The number of amides is 1. The van der Waals surface area contributed by atoms with Gasteiger partial charge < -0.3 is 10.4 Å². The van der Waals surface area contributed by atoms with E-state index in [1.807, 2.05) is 0 Å². The van der Waals surface area contributed by atoms with Crippen molar-refractivity contribution < 1.29 is 14.7 Å². The fourth-order valence-electron chi connectivity index (χ4n) is 2.00. The molecule has 0 saturated carbocycles. The van der Waals surface area contributed by atoms with Crippen molar-refractivity contribution in [2.45, 2.75) is 18.9 Å². The van der Waals surface area contributed by atoms with E-state index in [0.29, 0.717) is 22.0 Å². The first-order chi connectivity index (χ1) is 9.95. The predicted octanol–water partition coefficient (Wildman–Crippen LogP) is 2.90. The molecule has 0 bridgehead atoms. The molecule has 1 aliphatic carbocycles. The van der Waals surface area contributed by atoms with Gasteiger partial charge in [-0.25, -0.2) is 4.79 Å². The van der Waals surface area contributed by atoms with Crippen LogP contribution in [0, 0.1) is 0 Å². The Morgan fingerprint density at radius 2 is 2.05 bits per heavy atom. The molecule has 2 rings (SSSR count). The smallest absolute Gasteiger partial charge is 0.326 e. The summed E-state index contributed by atoms with van der Waals surface area (Å²) in [5.41, 5.74) is 1.20. The minimum Gasteiger partial charge on any atom is -0.480 e. The zero-order valence-corrected chi connectivity index (χ0v) is 12.5. The Morgan fingerprint density at radius 1 is 1.29 bits per heavy atom. The van der Waals surface area contributed by atoms with E-state index in [9.17, 15) is 14.7 Å². The number of allylic oxidation sites excluding steroid dienone is 3. The van der Waals surface area contributed by atoms with Crippen LogP contribution in [0.25, 0.3) is 0 Å². The molecule has 1 atom stereocenters. The van der Waals surface area contributed by atoms with Crippen molar-refractivity contribution in [3.8, 4) is 0 Å². The van der Waals surface area contributed by atoms with Gasteiger partial charge in [-0.15, -0.1) is 0 Å². The first kappa shape index (κ1) is 15.6. The SMILES string of the molecule is O=C(N[C@@H](Cc1cccc(Cl)c1)C(=O)O)C1=CC=C(Cl)C1. The first-order valence-electron chi connectivity index (χ1n) is 6.29. The molecule has 0 aliphatic heterocycles. The molecule has 1 aliphatic rings. The lowest BCUT2D eigenvalue weighted by molar-refractivity contribution is -0.141. The van der Waals surface area contributed by atoms with Crippen molar-refractivity contribution in [3.05, 3.63) is 57.6 Å². The standard InChI is InChI=1S/C15H13Cl2NO3/c16-11-3-1-2-9(6-11)7-13(15(20)21)18-14(19)10-4-5-12(17)8-10/h1-6,13H,7-8H2,(H,18,19)(H,20,21)/t13-/m0/s1. The zero-order valence-electron chi connectivity index (χ0n) is 11.0. The van der Waals surface area contributed by atoms with Gasteiger partial charge in [0.2, 0.25) is 5.91 Å². The van der Waals surface area contributed by atoms with Crippen molar-refractivity contribution >= 4 is 35.1 Å². The van der Waals surface area contributed by atoms with E-state index in [-0.39, 0.29) is 6.42 Å². The average molecular weight is 326 g/mol. The van der Waals surface area contributed by atoms with Gasteiger partial charge in [0, 0.05) is 28.5 Å². The van der Waals surface area contributed by atoms with E-state index < -0.39 is 17.9 Å². The third kappa shape index (κ3) is 4.34. The van der Waals surface area contributed by atoms with Crippen LogP contribution in [0.3, 0.4) is 0 Å². The minimum atomic E-state index is -1.10. The molecule has 0 saturated heterocycles. The fourth-order valence-corrected chi connectivity index (χ4v) is 2.42. The molecule has 1 aromatic carbocycles. The van der Waals surface area contributed by atoms with Crippen LogP contribution >= 0.6 is 23.2 Å². The third-order valence-electron chi connectivity index (χ3n) is 3.05. The summed E-state index contributed by atoms with van der Waals surface area (Å²) in [6, 6.07) is 5.87. The lowest BCUT2D eigenvalue weighted by Gasteiger charge is -2.15. The van der Waals surface area contributed by atoms with Crippen molar-refractivity contribution in [1.82, 2.24) is 5.32 Å². The number of carbonyl (C=O) groups is 2. The highest BCUT2D eigenvalue weighted by molar-refractivity contribution is 6.31. The molecule has 4 nitrogen and oxygen atoms in total. The number of rotatable bonds is 5. The van der Waals surface area contributed by atoms with Gasteiger partial charge in [0.25, 0.3) is 0 Å². The quantitative estimate of drug-likeness (QED) is 0.874. The van der Waals surface area contributed by atoms with Gasteiger partial charge in [-0.05, 0) is 23.8 Å². The van der Waals surface area contributed by atoms with Crippen molar-refractivity contribution in [2.75, 3.05) is 0 Å². The largest absolute Gasteiger partial charge is 0.480 e. The second-order valence-electron chi connectivity index (χ2n) is 4.68. The number of carboxylic acids is 1. The number of nitrogens with one attached hydrogen (secondary N) is 1. The Labute approximate surface area is 132 Å². The van der Waals surface area contributed by atoms with Gasteiger partial charge in [-0.2, -0.15) is 0 Å². The van der Waals surface area contributed by atoms with Crippen LogP contribution in [0.4, 0.5) is 0 Å². The Kier molecular flexibility index (Phi) is 5.04. The van der Waals surface area contributed by atoms with Gasteiger partial charge >= 0.3 is 5.97 Å². The second-order valence-corrected chi connectivity index (χ2v) is 5.60. The number of aliphatic carboxylic acids is 1. The summed E-state index contributed by atoms with van der Waals surface area (Å²) in [5.74, 6) is -1.52. The molecule has 0 heterocycles. The van der Waals surface area contributed by atoms with E-state index in [0.717, 1.165) is 5.56 Å². The molecule has 2 N–H and O–H groups in total. The van der Waals surface area contributed by atoms with Crippen molar-refractivity contribution in [3.63, 3.8) is 0 Å². The summed E-state index contributed by atoms with van der Waals surface area (Å²) >= 11 is 11.7. The number of carbonyl (C=O) groups excluding carboxylic acids is 1. The Bertz CT molecular complexity index is 638. The van der Waals surface area contributed by atoms with Crippen molar-refractivity contribution in [2.24, 2.45) is 0 Å². The molecular formula is C15H13Cl2NO3. The summed E-state index contributed by atoms with van der Waals surface area (Å²) in [5, 5.41) is 12.8. The lowest BCUT2D eigenvalue weighted by Crippen LogP contribution is -2.42. The molecule has 0 fully saturated rings. The first-order valence-corrected chi connectivity index (χ1v) is 7.04. The van der Waals surface area contributed by atoms with Gasteiger partial charge in [-0.3, -0.25) is 4.79 Å². The van der Waals surface area contributed by atoms with Gasteiger partial charge in [0.05, 0.1) is 0 Å². The molecule has 1 amide bonds. The molecule has 0 spiro atoms. The molecule has 1 aromatic rings. The Morgan fingerprint density at radius 3 is 2.62 bits per heavy atom. The number of carboxylic acid groups (broad SMARTS) is 1. The molecule has 0 unspecified atom stereocenters. The summed E-state index contributed by atoms with van der Waals surface area (Å²) in [7, 11) is 0. The molecule has 21 heavy (non-hydrogen) atoms. The zero-order chi connectivity index (χ0) is 15.4. The molecular weight excluding hydrogens is 313 g/mol. The van der Waals surface area contributed by atoms with E-state index >= 15 is 0 Å². The normalized spacial score (nSPS) is 15.1. The molecule has 110 valence electrons. The number of hydrogen-bond acceptors (Lipinski definition) is 2. The van der Waals surface area contributed by atoms with Crippen LogP contribution in [0.1, 0.15) is 12.0 Å². The van der Waals surface area contributed by atoms with E-state index in [2.05, 4.69) is 5.32 Å². The average Bonchev–Trinajstić information content (AvgIpc) is 2.84. The maximum Gasteiger partial charge on any atom is 0.326 e. The Hall–Kier alpha value is -1.78. The number of halogens is 2. The molecule has 0 radical (unpaired) electrons. The number of hydrogen-bond donors (Lipinski definition) is 2. The highest BCUT2D eigenvalue weighted by Gasteiger charge is 2.23. The lowest BCUT2D eigenvalue weighted by atomic mass is 10.1. The van der Waals surface area contributed by atoms with Crippen molar-refractivity contribution in [1.29, 1.82) is 0 Å². The summed E-state index contributed by atoms with van der Waals surface area (Å²) in [6.07, 6.45) is 3.71. The summed E-state index contributed by atoms with van der Waals surface area (Å²) in [4.78, 5) is 23.3. The van der Waals surface area contributed by atoms with E-state index in [1.54, 1.807) is 36.4 Å². The summed E-state index contributed by atoms with van der Waals surface area (Å²) < 4.78 is 0. The predicted molar refractivity (Wildman–Crippen MR) is 81.4 cm³/mol.